The van der Waals surface area contributed by atoms with Gasteiger partial charge in [-0.15, -0.1) is 0 Å². The fourth-order valence-electron chi connectivity index (χ4n) is 1.64. The van der Waals surface area contributed by atoms with Crippen molar-refractivity contribution in [3.63, 3.8) is 0 Å². The maximum absolute atomic E-state index is 10.7. The maximum Gasteiger partial charge on any atom is 0.217 e. The molecule has 0 aliphatic carbocycles. The van der Waals surface area contributed by atoms with Crippen LogP contribution in [0.3, 0.4) is 0 Å². The Hall–Kier alpha value is -2.03. The average Bonchev–Trinajstić information content (AvgIpc) is 2.72. The minimum atomic E-state index is -0.0114. The van der Waals surface area contributed by atoms with E-state index in [2.05, 4.69) is 16.4 Å². The molecule has 0 spiro atoms. The zero-order valence-electron chi connectivity index (χ0n) is 9.16. The molecule has 1 heterocycles. The number of rotatable bonds is 3. The Balaban J connectivity index is 2.14. The first-order valence-electron chi connectivity index (χ1n) is 5.24. The molecule has 0 fully saturated rings. The predicted molar refractivity (Wildman–Crippen MR) is 66.0 cm³/mol. The second-order valence-corrected chi connectivity index (χ2v) is 3.63. The number of aromatic nitrogens is 1. The lowest BCUT2D eigenvalue weighted by Gasteiger charge is -1.97. The Bertz CT molecular complexity index is 525. The smallest absolute Gasteiger partial charge is 0.217 e. The number of benzene rings is 1. The van der Waals surface area contributed by atoms with Crippen molar-refractivity contribution in [1.82, 2.24) is 10.3 Å². The summed E-state index contributed by atoms with van der Waals surface area (Å²) in [4.78, 5) is 13.9. The Labute approximate surface area is 94.2 Å². The molecule has 2 N–H and O–H groups in total. The van der Waals surface area contributed by atoms with Gasteiger partial charge in [0.15, 0.2) is 0 Å². The van der Waals surface area contributed by atoms with Crippen LogP contribution >= 0.6 is 0 Å². The number of hydrogen-bond donors (Lipinski definition) is 2. The van der Waals surface area contributed by atoms with Crippen LogP contribution in [0.2, 0.25) is 0 Å². The lowest BCUT2D eigenvalue weighted by Crippen LogP contribution is -2.19. The van der Waals surface area contributed by atoms with Gasteiger partial charge in [0.1, 0.15) is 0 Å². The summed E-state index contributed by atoms with van der Waals surface area (Å²) in [5, 5.41) is 3.92. The molecule has 82 valence electrons. The van der Waals surface area contributed by atoms with Crippen LogP contribution in [0.4, 0.5) is 0 Å². The second kappa shape index (κ2) is 4.66. The number of hydrogen-bond acceptors (Lipinski definition) is 1. The predicted octanol–water partition coefficient (Wildman–Crippen LogP) is 2.32. The van der Waals surface area contributed by atoms with E-state index in [1.807, 2.05) is 36.5 Å². The molecule has 1 aromatic heterocycles. The summed E-state index contributed by atoms with van der Waals surface area (Å²) in [6.07, 6.45) is 5.88. The number of H-pyrrole nitrogens is 1. The molecule has 2 aromatic rings. The number of carbonyl (C=O) groups is 1. The van der Waals surface area contributed by atoms with Gasteiger partial charge in [-0.1, -0.05) is 30.4 Å². The van der Waals surface area contributed by atoms with Gasteiger partial charge in [0.25, 0.3) is 0 Å². The van der Waals surface area contributed by atoms with Crippen molar-refractivity contribution in [2.45, 2.75) is 6.92 Å². The van der Waals surface area contributed by atoms with Crippen LogP contribution in [0.5, 0.6) is 0 Å². The molecule has 0 radical (unpaired) electrons. The van der Waals surface area contributed by atoms with Gasteiger partial charge >= 0.3 is 0 Å². The Morgan fingerprint density at radius 3 is 3.12 bits per heavy atom. The molecule has 0 atom stereocenters. The van der Waals surface area contributed by atoms with Crippen molar-refractivity contribution in [3.8, 4) is 0 Å². The summed E-state index contributed by atoms with van der Waals surface area (Å²) < 4.78 is 0. The Kier molecular flexibility index (Phi) is 3.05. The van der Waals surface area contributed by atoms with Crippen LogP contribution in [-0.4, -0.2) is 17.4 Å². The quantitative estimate of drug-likeness (QED) is 0.809. The number of para-hydroxylation sites is 1. The van der Waals surface area contributed by atoms with Gasteiger partial charge in [-0.05, 0) is 17.0 Å². The van der Waals surface area contributed by atoms with Crippen LogP contribution in [0, 0.1) is 0 Å². The van der Waals surface area contributed by atoms with E-state index in [1.165, 1.54) is 12.3 Å². The summed E-state index contributed by atoms with van der Waals surface area (Å²) in [5.74, 6) is -0.0114. The van der Waals surface area contributed by atoms with Crippen LogP contribution in [0.25, 0.3) is 17.0 Å². The number of nitrogens with one attached hydrogen (secondary N) is 2. The van der Waals surface area contributed by atoms with E-state index in [9.17, 15) is 4.79 Å². The topological polar surface area (TPSA) is 44.9 Å². The van der Waals surface area contributed by atoms with Crippen molar-refractivity contribution < 1.29 is 4.79 Å². The van der Waals surface area contributed by atoms with Crippen molar-refractivity contribution in [2.75, 3.05) is 6.54 Å². The van der Waals surface area contributed by atoms with E-state index in [4.69, 9.17) is 0 Å². The van der Waals surface area contributed by atoms with Gasteiger partial charge in [-0.25, -0.2) is 0 Å². The molecule has 2 rings (SSSR count). The molecule has 0 bridgehead atoms. The number of fused-ring (bicyclic) bond motifs is 1. The van der Waals surface area contributed by atoms with Gasteiger partial charge in [-0.3, -0.25) is 4.79 Å². The summed E-state index contributed by atoms with van der Waals surface area (Å²) in [6, 6.07) is 8.18. The normalized spacial score (nSPS) is 11.1. The third kappa shape index (κ3) is 2.31. The van der Waals surface area contributed by atoms with Gasteiger partial charge in [0, 0.05) is 19.7 Å². The van der Waals surface area contributed by atoms with E-state index >= 15 is 0 Å². The highest BCUT2D eigenvalue weighted by molar-refractivity contribution is 5.87. The number of carbonyl (C=O) groups excluding carboxylic acids is 1. The van der Waals surface area contributed by atoms with E-state index in [1.54, 1.807) is 0 Å². The van der Waals surface area contributed by atoms with E-state index in [0.717, 1.165) is 11.1 Å². The number of amides is 1. The third-order valence-corrected chi connectivity index (χ3v) is 2.39. The number of aromatic amines is 1. The molecule has 0 aliphatic rings. The minimum absolute atomic E-state index is 0.0114. The van der Waals surface area contributed by atoms with Crippen molar-refractivity contribution in [3.05, 3.63) is 42.1 Å². The van der Waals surface area contributed by atoms with Crippen LogP contribution < -0.4 is 5.32 Å². The molecular weight excluding hydrogens is 200 g/mol. The molecule has 1 amide bonds. The zero-order valence-corrected chi connectivity index (χ0v) is 9.16. The molecule has 0 aliphatic heterocycles. The molecule has 0 saturated carbocycles. The summed E-state index contributed by atoms with van der Waals surface area (Å²) >= 11 is 0. The van der Waals surface area contributed by atoms with Gasteiger partial charge in [-0.2, -0.15) is 0 Å². The fourth-order valence-corrected chi connectivity index (χ4v) is 1.64. The third-order valence-electron chi connectivity index (χ3n) is 2.39. The van der Waals surface area contributed by atoms with E-state index in [0.29, 0.717) is 6.54 Å². The first-order chi connectivity index (χ1) is 7.77. The molecule has 1 aromatic carbocycles. The molecule has 0 saturated heterocycles. The molecular formula is C13H14N2O. The lowest BCUT2D eigenvalue weighted by atomic mass is 10.1. The summed E-state index contributed by atoms with van der Waals surface area (Å²) in [5.41, 5.74) is 2.26. The lowest BCUT2D eigenvalue weighted by molar-refractivity contribution is -0.118. The van der Waals surface area contributed by atoms with Gasteiger partial charge in [0.05, 0.1) is 5.52 Å². The summed E-state index contributed by atoms with van der Waals surface area (Å²) in [6.45, 7) is 2.08. The minimum Gasteiger partial charge on any atom is -0.361 e. The summed E-state index contributed by atoms with van der Waals surface area (Å²) in [7, 11) is 0. The highest BCUT2D eigenvalue weighted by Gasteiger charge is 1.97. The SMILES string of the molecule is CC(=O)NCC=Cc1cccc2cc[nH]c12. The van der Waals surface area contributed by atoms with Crippen molar-refractivity contribution in [1.29, 1.82) is 0 Å². The Morgan fingerprint density at radius 2 is 2.31 bits per heavy atom. The fraction of sp³-hybridized carbons (Fsp3) is 0.154. The van der Waals surface area contributed by atoms with E-state index in [-0.39, 0.29) is 5.91 Å². The largest absolute Gasteiger partial charge is 0.361 e. The van der Waals surface area contributed by atoms with Crippen LogP contribution in [0.15, 0.2) is 36.5 Å². The highest BCUT2D eigenvalue weighted by atomic mass is 16.1. The van der Waals surface area contributed by atoms with Crippen molar-refractivity contribution >= 4 is 22.9 Å². The monoisotopic (exact) mass is 214 g/mol. The second-order valence-electron chi connectivity index (χ2n) is 3.63. The highest BCUT2D eigenvalue weighted by Crippen LogP contribution is 2.17. The zero-order chi connectivity index (χ0) is 11.4. The van der Waals surface area contributed by atoms with Crippen LogP contribution in [-0.2, 0) is 4.79 Å². The molecule has 3 heteroatoms. The van der Waals surface area contributed by atoms with Crippen LogP contribution in [0.1, 0.15) is 12.5 Å². The maximum atomic E-state index is 10.7. The average molecular weight is 214 g/mol. The van der Waals surface area contributed by atoms with E-state index < -0.39 is 0 Å². The van der Waals surface area contributed by atoms with Gasteiger partial charge in [0.2, 0.25) is 5.91 Å². The standard InChI is InChI=1S/C13H14N2O/c1-10(16)14-8-3-6-11-4-2-5-12-7-9-15-13(11)12/h2-7,9,15H,8H2,1H3,(H,14,16). The first-order valence-corrected chi connectivity index (χ1v) is 5.24. The van der Waals surface area contributed by atoms with Gasteiger partial charge < -0.3 is 10.3 Å². The molecule has 16 heavy (non-hydrogen) atoms. The van der Waals surface area contributed by atoms with Crippen molar-refractivity contribution in [2.24, 2.45) is 0 Å². The first kappa shape index (κ1) is 10.5. The molecule has 0 unspecified atom stereocenters. The molecule has 3 nitrogen and oxygen atoms in total. The Morgan fingerprint density at radius 1 is 1.44 bits per heavy atom.